The first-order valence-corrected chi connectivity index (χ1v) is 5.63. The zero-order valence-corrected chi connectivity index (χ0v) is 10.4. The zero-order valence-electron chi connectivity index (χ0n) is 10.4. The summed E-state index contributed by atoms with van der Waals surface area (Å²) in [5.74, 6) is 0.869. The molecule has 16 heavy (non-hydrogen) atoms. The highest BCUT2D eigenvalue weighted by Gasteiger charge is 2.25. The van der Waals surface area contributed by atoms with E-state index in [4.69, 9.17) is 10.2 Å². The topological polar surface area (TPSA) is 39.2 Å². The molecular weight excluding hydrogens is 198 g/mol. The van der Waals surface area contributed by atoms with Gasteiger partial charge in [-0.25, -0.2) is 0 Å². The molecule has 0 amide bonds. The van der Waals surface area contributed by atoms with Crippen LogP contribution in [0, 0.1) is 12.3 Å². The van der Waals surface area contributed by atoms with Crippen LogP contribution in [0.15, 0.2) is 28.7 Å². The van der Waals surface area contributed by atoms with Crippen molar-refractivity contribution in [1.29, 1.82) is 0 Å². The second-order valence-electron chi connectivity index (χ2n) is 5.53. The third-order valence-corrected chi connectivity index (χ3v) is 2.93. The second-order valence-corrected chi connectivity index (χ2v) is 5.53. The van der Waals surface area contributed by atoms with E-state index in [2.05, 4.69) is 39.8 Å². The van der Waals surface area contributed by atoms with E-state index in [9.17, 15) is 0 Å². The summed E-state index contributed by atoms with van der Waals surface area (Å²) >= 11 is 0. The summed E-state index contributed by atoms with van der Waals surface area (Å²) in [4.78, 5) is 0. The van der Waals surface area contributed by atoms with E-state index in [-0.39, 0.29) is 11.5 Å². The van der Waals surface area contributed by atoms with Crippen LogP contribution in [0.25, 0.3) is 11.0 Å². The Bertz CT molecular complexity index is 505. The van der Waals surface area contributed by atoms with Crippen molar-refractivity contribution in [2.24, 2.45) is 11.1 Å². The van der Waals surface area contributed by atoms with Crippen molar-refractivity contribution < 1.29 is 4.42 Å². The lowest BCUT2D eigenvalue weighted by molar-refractivity contribution is 0.290. The third-order valence-electron chi connectivity index (χ3n) is 2.93. The average molecular weight is 217 g/mol. The van der Waals surface area contributed by atoms with Crippen LogP contribution >= 0.6 is 0 Å². The molecule has 1 aromatic heterocycles. The van der Waals surface area contributed by atoms with Gasteiger partial charge in [0.25, 0.3) is 0 Å². The highest BCUT2D eigenvalue weighted by Crippen LogP contribution is 2.33. The molecule has 2 aromatic rings. The quantitative estimate of drug-likeness (QED) is 0.789. The smallest absolute Gasteiger partial charge is 0.134 e. The van der Waals surface area contributed by atoms with Crippen molar-refractivity contribution in [2.75, 3.05) is 0 Å². The lowest BCUT2D eigenvalue weighted by Gasteiger charge is -2.24. The average Bonchev–Trinajstić information content (AvgIpc) is 2.57. The molecule has 2 rings (SSSR count). The van der Waals surface area contributed by atoms with Gasteiger partial charge in [-0.2, -0.15) is 0 Å². The molecule has 0 unspecified atom stereocenters. The van der Waals surface area contributed by atoms with Gasteiger partial charge in [0, 0.05) is 5.39 Å². The molecule has 2 nitrogen and oxygen atoms in total. The molecule has 0 aliphatic heterocycles. The first-order valence-electron chi connectivity index (χ1n) is 5.63. The molecular formula is C14H19NO. The Morgan fingerprint density at radius 3 is 2.50 bits per heavy atom. The Hall–Kier alpha value is -1.28. The normalized spacial score (nSPS) is 14.3. The van der Waals surface area contributed by atoms with Crippen molar-refractivity contribution in [1.82, 2.24) is 0 Å². The van der Waals surface area contributed by atoms with Crippen molar-refractivity contribution in [2.45, 2.75) is 33.7 Å². The summed E-state index contributed by atoms with van der Waals surface area (Å²) in [5, 5.41) is 1.13. The van der Waals surface area contributed by atoms with Gasteiger partial charge < -0.3 is 10.2 Å². The van der Waals surface area contributed by atoms with Crippen molar-refractivity contribution in [3.05, 3.63) is 35.6 Å². The van der Waals surface area contributed by atoms with E-state index in [0.717, 1.165) is 16.7 Å². The Morgan fingerprint density at radius 1 is 1.19 bits per heavy atom. The van der Waals surface area contributed by atoms with Gasteiger partial charge in [0.2, 0.25) is 0 Å². The minimum atomic E-state index is -0.0693. The summed E-state index contributed by atoms with van der Waals surface area (Å²) in [6.07, 6.45) is 0. The zero-order chi connectivity index (χ0) is 11.9. The molecule has 2 N–H and O–H groups in total. The van der Waals surface area contributed by atoms with E-state index in [1.807, 2.05) is 12.1 Å². The Balaban J connectivity index is 2.47. The van der Waals surface area contributed by atoms with Gasteiger partial charge in [0.15, 0.2) is 0 Å². The van der Waals surface area contributed by atoms with Gasteiger partial charge in [0.05, 0.1) is 6.04 Å². The second kappa shape index (κ2) is 3.63. The Labute approximate surface area is 96.4 Å². The Morgan fingerprint density at radius 2 is 1.88 bits per heavy atom. The van der Waals surface area contributed by atoms with E-state index >= 15 is 0 Å². The molecule has 0 bridgehead atoms. The van der Waals surface area contributed by atoms with E-state index in [0.29, 0.717) is 0 Å². The largest absolute Gasteiger partial charge is 0.459 e. The first-order chi connectivity index (χ1) is 7.38. The molecule has 86 valence electrons. The molecule has 0 aliphatic carbocycles. The minimum Gasteiger partial charge on any atom is -0.459 e. The van der Waals surface area contributed by atoms with Crippen LogP contribution in [0.3, 0.4) is 0 Å². The molecule has 0 saturated heterocycles. The van der Waals surface area contributed by atoms with Gasteiger partial charge in [-0.1, -0.05) is 32.9 Å². The highest BCUT2D eigenvalue weighted by molar-refractivity contribution is 5.78. The van der Waals surface area contributed by atoms with Gasteiger partial charge >= 0.3 is 0 Å². The fraction of sp³-hybridized carbons (Fsp3) is 0.429. The number of fused-ring (bicyclic) bond motifs is 1. The molecule has 0 radical (unpaired) electrons. The summed E-state index contributed by atoms with van der Waals surface area (Å²) in [5.41, 5.74) is 8.33. The van der Waals surface area contributed by atoms with Crippen molar-refractivity contribution in [3.8, 4) is 0 Å². The van der Waals surface area contributed by atoms with E-state index in [1.54, 1.807) is 0 Å². The summed E-state index contributed by atoms with van der Waals surface area (Å²) in [7, 11) is 0. The number of hydrogen-bond acceptors (Lipinski definition) is 2. The molecule has 1 aromatic carbocycles. The maximum atomic E-state index is 6.18. The van der Waals surface area contributed by atoms with E-state index in [1.165, 1.54) is 5.56 Å². The van der Waals surface area contributed by atoms with Crippen LogP contribution in [0.1, 0.15) is 38.1 Å². The molecule has 0 aliphatic rings. The highest BCUT2D eigenvalue weighted by atomic mass is 16.3. The summed E-state index contributed by atoms with van der Waals surface area (Å²) in [6, 6.07) is 8.19. The maximum absolute atomic E-state index is 6.18. The van der Waals surface area contributed by atoms with Crippen molar-refractivity contribution >= 4 is 11.0 Å². The molecule has 0 saturated carbocycles. The predicted octanol–water partition coefficient (Wildman–Crippen LogP) is 3.79. The predicted molar refractivity (Wildman–Crippen MR) is 67.3 cm³/mol. The molecule has 0 fully saturated rings. The lowest BCUT2D eigenvalue weighted by atomic mass is 9.86. The minimum absolute atomic E-state index is 0.0168. The fourth-order valence-corrected chi connectivity index (χ4v) is 1.74. The number of nitrogens with two attached hydrogens (primary N) is 1. The molecule has 1 atom stereocenters. The maximum Gasteiger partial charge on any atom is 0.134 e. The van der Waals surface area contributed by atoms with Crippen LogP contribution in [-0.4, -0.2) is 0 Å². The SMILES string of the molecule is Cc1ccc2cc([C@H](N)C(C)(C)C)oc2c1. The van der Waals surface area contributed by atoms with Gasteiger partial charge in [-0.3, -0.25) is 0 Å². The van der Waals surface area contributed by atoms with Crippen LogP contribution in [0.5, 0.6) is 0 Å². The number of aryl methyl sites for hydroxylation is 1. The summed E-state index contributed by atoms with van der Waals surface area (Å²) in [6.45, 7) is 8.42. The molecule has 0 spiro atoms. The van der Waals surface area contributed by atoms with Crippen LogP contribution in [-0.2, 0) is 0 Å². The number of furan rings is 1. The van der Waals surface area contributed by atoms with Gasteiger partial charge in [0.1, 0.15) is 11.3 Å². The fourth-order valence-electron chi connectivity index (χ4n) is 1.74. The Kier molecular flexibility index (Phi) is 2.55. The van der Waals surface area contributed by atoms with Gasteiger partial charge in [-0.15, -0.1) is 0 Å². The number of hydrogen-bond donors (Lipinski definition) is 1. The van der Waals surface area contributed by atoms with Crippen LogP contribution < -0.4 is 5.73 Å². The standard InChI is InChI=1S/C14H19NO/c1-9-5-6-10-8-12(16-11(10)7-9)13(15)14(2,3)4/h5-8,13H,15H2,1-4H3/t13-/m0/s1. The van der Waals surface area contributed by atoms with Gasteiger partial charge in [-0.05, 0) is 30.0 Å². The first kappa shape index (κ1) is 11.2. The third kappa shape index (κ3) is 1.98. The van der Waals surface area contributed by atoms with Crippen molar-refractivity contribution in [3.63, 3.8) is 0 Å². The lowest BCUT2D eigenvalue weighted by Crippen LogP contribution is -2.25. The van der Waals surface area contributed by atoms with E-state index < -0.39 is 0 Å². The molecule has 1 heterocycles. The van der Waals surface area contributed by atoms with Crippen LogP contribution in [0.2, 0.25) is 0 Å². The molecule has 2 heteroatoms. The number of rotatable bonds is 1. The summed E-state index contributed by atoms with van der Waals surface area (Å²) < 4.78 is 5.81. The van der Waals surface area contributed by atoms with Crippen LogP contribution in [0.4, 0.5) is 0 Å². The monoisotopic (exact) mass is 217 g/mol. The number of benzene rings is 1.